The second kappa shape index (κ2) is 7.57. The van der Waals surface area contributed by atoms with Crippen molar-refractivity contribution >= 4 is 53.8 Å². The van der Waals surface area contributed by atoms with Crippen LogP contribution in [0.25, 0.3) is 0 Å². The molecule has 19 heavy (non-hydrogen) atoms. The van der Waals surface area contributed by atoms with Gasteiger partial charge >= 0.3 is 5.97 Å². The highest BCUT2D eigenvalue weighted by Crippen LogP contribution is 2.35. The number of methoxy groups -OCH3 is 1. The third kappa shape index (κ3) is 4.70. The molecule has 6 heteroatoms. The molecular weight excluding hydrogens is 444 g/mol. The fraction of sp³-hybridized carbons (Fsp3) is 0.308. The van der Waals surface area contributed by atoms with Gasteiger partial charge in [-0.05, 0) is 19.1 Å². The standard InChI is InChI=1S/C13H13Br3O3/c1-7(2)13(17)19-6-11(18-3)12-9(15)4-8(14)5-10(12)16/h4-5,11H,1,6H2,2-3H3. The number of ether oxygens (including phenoxy) is 2. The van der Waals surface area contributed by atoms with Crippen LogP contribution in [0, 0.1) is 0 Å². The molecule has 1 atom stereocenters. The molecule has 1 aromatic rings. The molecule has 0 spiro atoms. The zero-order valence-corrected chi connectivity index (χ0v) is 15.3. The largest absolute Gasteiger partial charge is 0.459 e. The highest BCUT2D eigenvalue weighted by Gasteiger charge is 2.20. The molecule has 0 heterocycles. The summed E-state index contributed by atoms with van der Waals surface area (Å²) in [5, 5.41) is 0. The topological polar surface area (TPSA) is 35.5 Å². The fourth-order valence-corrected chi connectivity index (χ4v) is 4.17. The van der Waals surface area contributed by atoms with E-state index in [1.807, 2.05) is 12.1 Å². The molecule has 3 nitrogen and oxygen atoms in total. The fourth-order valence-electron chi connectivity index (χ4n) is 1.40. The van der Waals surface area contributed by atoms with Gasteiger partial charge in [-0.1, -0.05) is 54.4 Å². The number of hydrogen-bond donors (Lipinski definition) is 0. The van der Waals surface area contributed by atoms with E-state index in [9.17, 15) is 4.79 Å². The third-order valence-electron chi connectivity index (χ3n) is 2.36. The predicted molar refractivity (Wildman–Crippen MR) is 85.1 cm³/mol. The molecule has 0 aliphatic rings. The molecule has 0 amide bonds. The number of hydrogen-bond acceptors (Lipinski definition) is 3. The van der Waals surface area contributed by atoms with Crippen molar-refractivity contribution in [3.8, 4) is 0 Å². The van der Waals surface area contributed by atoms with Crippen molar-refractivity contribution in [1.82, 2.24) is 0 Å². The molecular formula is C13H13Br3O3. The van der Waals surface area contributed by atoms with Crippen LogP contribution in [0.4, 0.5) is 0 Å². The molecule has 0 aliphatic carbocycles. The lowest BCUT2D eigenvalue weighted by Crippen LogP contribution is -2.15. The summed E-state index contributed by atoms with van der Waals surface area (Å²) < 4.78 is 13.2. The van der Waals surface area contributed by atoms with Crippen molar-refractivity contribution in [2.24, 2.45) is 0 Å². The maximum Gasteiger partial charge on any atom is 0.333 e. The summed E-state index contributed by atoms with van der Waals surface area (Å²) in [5.74, 6) is -0.425. The first-order valence-corrected chi connectivity index (χ1v) is 7.74. The van der Waals surface area contributed by atoms with Crippen LogP contribution in [0.2, 0.25) is 0 Å². The molecule has 0 saturated heterocycles. The minimum Gasteiger partial charge on any atom is -0.459 e. The average Bonchev–Trinajstić information content (AvgIpc) is 2.31. The molecule has 1 rings (SSSR count). The van der Waals surface area contributed by atoms with Crippen molar-refractivity contribution in [2.75, 3.05) is 13.7 Å². The first-order chi connectivity index (χ1) is 8.86. The zero-order chi connectivity index (χ0) is 14.6. The van der Waals surface area contributed by atoms with E-state index >= 15 is 0 Å². The highest BCUT2D eigenvalue weighted by molar-refractivity contribution is 9.11. The van der Waals surface area contributed by atoms with Crippen LogP contribution in [-0.2, 0) is 14.3 Å². The number of carbonyl (C=O) groups is 1. The van der Waals surface area contributed by atoms with Gasteiger partial charge in [0.1, 0.15) is 12.7 Å². The first-order valence-electron chi connectivity index (χ1n) is 5.36. The summed E-state index contributed by atoms with van der Waals surface area (Å²) in [6.07, 6.45) is -0.361. The summed E-state index contributed by atoms with van der Waals surface area (Å²) in [6.45, 7) is 5.27. The van der Waals surface area contributed by atoms with Gasteiger partial charge in [0.2, 0.25) is 0 Å². The number of halogens is 3. The molecule has 104 valence electrons. The van der Waals surface area contributed by atoms with Crippen LogP contribution in [0.3, 0.4) is 0 Å². The van der Waals surface area contributed by atoms with E-state index in [4.69, 9.17) is 9.47 Å². The van der Waals surface area contributed by atoms with Crippen LogP contribution in [0.1, 0.15) is 18.6 Å². The third-order valence-corrected chi connectivity index (χ3v) is 4.13. The predicted octanol–water partition coefficient (Wildman–Crippen LogP) is 4.78. The minimum absolute atomic E-state index is 0.126. The van der Waals surface area contributed by atoms with Gasteiger partial charge in [-0.3, -0.25) is 0 Å². The van der Waals surface area contributed by atoms with Gasteiger partial charge in [-0.2, -0.15) is 0 Å². The lowest BCUT2D eigenvalue weighted by molar-refractivity contribution is -0.142. The van der Waals surface area contributed by atoms with Crippen LogP contribution < -0.4 is 0 Å². The summed E-state index contributed by atoms with van der Waals surface area (Å²) in [5.41, 5.74) is 1.25. The number of esters is 1. The monoisotopic (exact) mass is 454 g/mol. The Kier molecular flexibility index (Phi) is 6.73. The number of rotatable bonds is 5. The maximum absolute atomic E-state index is 11.4. The van der Waals surface area contributed by atoms with E-state index in [1.165, 1.54) is 0 Å². The summed E-state index contributed by atoms with van der Waals surface area (Å²) in [7, 11) is 1.57. The Morgan fingerprint density at radius 2 is 1.84 bits per heavy atom. The number of carbonyl (C=O) groups excluding carboxylic acids is 1. The first kappa shape index (κ1) is 16.9. The van der Waals surface area contributed by atoms with E-state index in [2.05, 4.69) is 54.4 Å². The van der Waals surface area contributed by atoms with E-state index in [0.29, 0.717) is 5.57 Å². The summed E-state index contributed by atoms with van der Waals surface area (Å²) >= 11 is 10.4. The Hall–Kier alpha value is -0.170. The molecule has 1 aromatic carbocycles. The maximum atomic E-state index is 11.4. The second-order valence-electron chi connectivity index (χ2n) is 3.89. The summed E-state index contributed by atoms with van der Waals surface area (Å²) in [6, 6.07) is 3.82. The van der Waals surface area contributed by atoms with Gasteiger partial charge in [-0.25, -0.2) is 4.79 Å². The molecule has 0 bridgehead atoms. The SMILES string of the molecule is C=C(C)C(=O)OCC(OC)c1c(Br)cc(Br)cc1Br. The van der Waals surface area contributed by atoms with E-state index in [0.717, 1.165) is 19.0 Å². The minimum atomic E-state index is -0.425. The van der Waals surface area contributed by atoms with Crippen molar-refractivity contribution in [3.63, 3.8) is 0 Å². The molecule has 0 fully saturated rings. The van der Waals surface area contributed by atoms with Gasteiger partial charge in [-0.15, -0.1) is 0 Å². The number of benzene rings is 1. The van der Waals surface area contributed by atoms with Crippen molar-refractivity contribution in [1.29, 1.82) is 0 Å². The van der Waals surface area contributed by atoms with Crippen LogP contribution in [-0.4, -0.2) is 19.7 Å². The quantitative estimate of drug-likeness (QED) is 0.472. The van der Waals surface area contributed by atoms with Gasteiger partial charge in [0.25, 0.3) is 0 Å². The Balaban J connectivity index is 2.92. The van der Waals surface area contributed by atoms with Crippen LogP contribution in [0.15, 0.2) is 37.7 Å². The smallest absolute Gasteiger partial charge is 0.333 e. The normalized spacial score (nSPS) is 12.1. The van der Waals surface area contributed by atoms with Gasteiger partial charge in [0, 0.05) is 31.7 Å². The molecule has 0 aliphatic heterocycles. The van der Waals surface area contributed by atoms with Gasteiger partial charge in [0.05, 0.1) is 0 Å². The molecule has 0 aromatic heterocycles. The summed E-state index contributed by atoms with van der Waals surface area (Å²) in [4.78, 5) is 11.4. The molecule has 1 unspecified atom stereocenters. The molecule has 0 N–H and O–H groups in total. The van der Waals surface area contributed by atoms with Crippen molar-refractivity contribution in [2.45, 2.75) is 13.0 Å². The lowest BCUT2D eigenvalue weighted by atomic mass is 10.1. The highest BCUT2D eigenvalue weighted by atomic mass is 79.9. The molecule has 0 saturated carbocycles. The van der Waals surface area contributed by atoms with Crippen molar-refractivity contribution in [3.05, 3.63) is 43.3 Å². The lowest BCUT2D eigenvalue weighted by Gasteiger charge is -2.19. The van der Waals surface area contributed by atoms with Crippen LogP contribution >= 0.6 is 47.8 Å². The molecule has 0 radical (unpaired) electrons. The van der Waals surface area contributed by atoms with E-state index in [1.54, 1.807) is 14.0 Å². The van der Waals surface area contributed by atoms with Crippen molar-refractivity contribution < 1.29 is 14.3 Å². The second-order valence-corrected chi connectivity index (χ2v) is 6.51. The van der Waals surface area contributed by atoms with E-state index in [-0.39, 0.29) is 12.7 Å². The average molecular weight is 457 g/mol. The zero-order valence-electron chi connectivity index (χ0n) is 10.5. The Bertz CT molecular complexity index is 477. The van der Waals surface area contributed by atoms with Gasteiger partial charge in [0.15, 0.2) is 0 Å². The Morgan fingerprint density at radius 3 is 2.26 bits per heavy atom. The Morgan fingerprint density at radius 1 is 1.32 bits per heavy atom. The van der Waals surface area contributed by atoms with Gasteiger partial charge < -0.3 is 9.47 Å². The van der Waals surface area contributed by atoms with E-state index < -0.39 is 5.97 Å². The van der Waals surface area contributed by atoms with Crippen LogP contribution in [0.5, 0.6) is 0 Å². The Labute approximate surface area is 137 Å².